The van der Waals surface area contributed by atoms with Crippen molar-refractivity contribution < 1.29 is 0 Å². The maximum Gasteiger partial charge on any atom is 0.00696 e. The predicted octanol–water partition coefficient (Wildman–Crippen LogP) is 4.66. The van der Waals surface area contributed by atoms with Crippen molar-refractivity contribution >= 4 is 0 Å². The van der Waals surface area contributed by atoms with Crippen molar-refractivity contribution in [2.24, 2.45) is 0 Å². The van der Waals surface area contributed by atoms with Crippen molar-refractivity contribution in [1.29, 1.82) is 0 Å². The summed E-state index contributed by atoms with van der Waals surface area (Å²) in [7, 11) is 0. The van der Waals surface area contributed by atoms with Gasteiger partial charge in [-0.2, -0.15) is 0 Å². The molecule has 1 unspecified atom stereocenters. The summed E-state index contributed by atoms with van der Waals surface area (Å²) >= 11 is 0. The van der Waals surface area contributed by atoms with Crippen LogP contribution in [0.25, 0.3) is 0 Å². The lowest BCUT2D eigenvalue weighted by atomic mass is 9.93. The second kappa shape index (κ2) is 9.04. The molecule has 1 fully saturated rings. The van der Waals surface area contributed by atoms with Crippen LogP contribution in [0.15, 0.2) is 0 Å². The van der Waals surface area contributed by atoms with Gasteiger partial charge < -0.3 is 5.32 Å². The second-order valence-electron chi connectivity index (χ2n) is 5.48. The Hall–Kier alpha value is -0.0400. The Morgan fingerprint density at radius 3 is 2.31 bits per heavy atom. The summed E-state index contributed by atoms with van der Waals surface area (Å²) in [5, 5.41) is 3.92. The van der Waals surface area contributed by atoms with Crippen molar-refractivity contribution in [1.82, 2.24) is 5.32 Å². The molecular weight excluding hydrogens is 194 g/mol. The van der Waals surface area contributed by atoms with Gasteiger partial charge in [-0.25, -0.2) is 0 Å². The SMILES string of the molecule is CCCCCC(CCC)NC1CCCCC1. The normalized spacial score (nSPS) is 19.9. The van der Waals surface area contributed by atoms with Crippen LogP contribution in [-0.4, -0.2) is 12.1 Å². The lowest BCUT2D eigenvalue weighted by Crippen LogP contribution is -2.39. The molecule has 96 valence electrons. The molecule has 1 N–H and O–H groups in total. The highest BCUT2D eigenvalue weighted by atomic mass is 14.9. The summed E-state index contributed by atoms with van der Waals surface area (Å²) in [4.78, 5) is 0. The molecule has 1 heteroatoms. The van der Waals surface area contributed by atoms with Crippen LogP contribution in [0.4, 0.5) is 0 Å². The Balaban J connectivity index is 2.19. The Morgan fingerprint density at radius 1 is 0.938 bits per heavy atom. The first-order valence-corrected chi connectivity index (χ1v) is 7.62. The fourth-order valence-electron chi connectivity index (χ4n) is 2.90. The van der Waals surface area contributed by atoms with Gasteiger partial charge in [-0.1, -0.05) is 58.8 Å². The molecule has 16 heavy (non-hydrogen) atoms. The topological polar surface area (TPSA) is 12.0 Å². The van der Waals surface area contributed by atoms with E-state index in [1.807, 2.05) is 0 Å². The van der Waals surface area contributed by atoms with Crippen LogP contribution in [0.3, 0.4) is 0 Å². The molecule has 0 aromatic rings. The highest BCUT2D eigenvalue weighted by Crippen LogP contribution is 2.19. The van der Waals surface area contributed by atoms with Crippen LogP contribution in [0.2, 0.25) is 0 Å². The number of rotatable bonds is 8. The molecule has 0 spiro atoms. The number of hydrogen-bond acceptors (Lipinski definition) is 1. The molecule has 0 radical (unpaired) electrons. The molecule has 1 rings (SSSR count). The largest absolute Gasteiger partial charge is 0.311 e. The van der Waals surface area contributed by atoms with Gasteiger partial charge >= 0.3 is 0 Å². The molecule has 0 aromatic carbocycles. The van der Waals surface area contributed by atoms with Crippen molar-refractivity contribution in [3.05, 3.63) is 0 Å². The highest BCUT2D eigenvalue weighted by molar-refractivity contribution is 4.77. The molecule has 0 aliphatic heterocycles. The van der Waals surface area contributed by atoms with Crippen molar-refractivity contribution in [2.45, 2.75) is 96.6 Å². The van der Waals surface area contributed by atoms with Crippen LogP contribution in [0.1, 0.15) is 84.5 Å². The van der Waals surface area contributed by atoms with Gasteiger partial charge in [-0.15, -0.1) is 0 Å². The van der Waals surface area contributed by atoms with E-state index in [0.29, 0.717) is 0 Å². The zero-order valence-electron chi connectivity index (χ0n) is 11.4. The minimum atomic E-state index is 0.805. The Morgan fingerprint density at radius 2 is 1.69 bits per heavy atom. The Kier molecular flexibility index (Phi) is 7.92. The maximum atomic E-state index is 3.92. The van der Waals surface area contributed by atoms with Crippen molar-refractivity contribution in [2.75, 3.05) is 0 Å². The monoisotopic (exact) mass is 225 g/mol. The van der Waals surface area contributed by atoms with E-state index in [9.17, 15) is 0 Å². The van der Waals surface area contributed by atoms with Crippen LogP contribution in [0.5, 0.6) is 0 Å². The van der Waals surface area contributed by atoms with E-state index >= 15 is 0 Å². The molecule has 1 nitrogen and oxygen atoms in total. The summed E-state index contributed by atoms with van der Waals surface area (Å²) < 4.78 is 0. The number of nitrogens with one attached hydrogen (secondary N) is 1. The minimum absolute atomic E-state index is 0.805. The smallest absolute Gasteiger partial charge is 0.00696 e. The molecule has 1 atom stereocenters. The van der Waals surface area contributed by atoms with Gasteiger partial charge in [0.15, 0.2) is 0 Å². The van der Waals surface area contributed by atoms with E-state index in [1.165, 1.54) is 70.6 Å². The first kappa shape index (κ1) is 14.0. The van der Waals surface area contributed by atoms with E-state index < -0.39 is 0 Å². The van der Waals surface area contributed by atoms with Crippen LogP contribution < -0.4 is 5.32 Å². The van der Waals surface area contributed by atoms with Crippen LogP contribution in [0, 0.1) is 0 Å². The quantitative estimate of drug-likeness (QED) is 0.593. The highest BCUT2D eigenvalue weighted by Gasteiger charge is 2.16. The van der Waals surface area contributed by atoms with E-state index in [4.69, 9.17) is 0 Å². The molecule has 0 heterocycles. The number of hydrogen-bond donors (Lipinski definition) is 1. The molecule has 1 aliphatic rings. The lowest BCUT2D eigenvalue weighted by Gasteiger charge is -2.28. The summed E-state index contributed by atoms with van der Waals surface area (Å²) in [5.41, 5.74) is 0. The van der Waals surface area contributed by atoms with E-state index in [0.717, 1.165) is 12.1 Å². The maximum absolute atomic E-state index is 3.92. The standard InChI is InChI=1S/C15H31N/c1-3-5-7-11-14(10-4-2)16-15-12-8-6-9-13-15/h14-16H,3-13H2,1-2H3. The fourth-order valence-corrected chi connectivity index (χ4v) is 2.90. The fraction of sp³-hybridized carbons (Fsp3) is 1.00. The molecule has 1 aliphatic carbocycles. The van der Waals surface area contributed by atoms with Crippen LogP contribution in [-0.2, 0) is 0 Å². The third kappa shape index (κ3) is 5.89. The Labute approximate surface area is 102 Å². The summed E-state index contributed by atoms with van der Waals surface area (Å²) in [5.74, 6) is 0. The summed E-state index contributed by atoms with van der Waals surface area (Å²) in [6.45, 7) is 4.61. The molecular formula is C15H31N. The minimum Gasteiger partial charge on any atom is -0.311 e. The molecule has 1 saturated carbocycles. The first-order chi connectivity index (χ1) is 7.86. The third-order valence-electron chi connectivity index (χ3n) is 3.87. The van der Waals surface area contributed by atoms with Gasteiger partial charge in [0.2, 0.25) is 0 Å². The van der Waals surface area contributed by atoms with Gasteiger partial charge in [-0.3, -0.25) is 0 Å². The molecule has 0 bridgehead atoms. The average Bonchev–Trinajstić information content (AvgIpc) is 2.31. The van der Waals surface area contributed by atoms with Gasteiger partial charge in [0.1, 0.15) is 0 Å². The van der Waals surface area contributed by atoms with E-state index in [-0.39, 0.29) is 0 Å². The Bertz CT molecular complexity index is 150. The zero-order chi connectivity index (χ0) is 11.6. The van der Waals surface area contributed by atoms with E-state index in [1.54, 1.807) is 0 Å². The van der Waals surface area contributed by atoms with E-state index in [2.05, 4.69) is 19.2 Å². The second-order valence-corrected chi connectivity index (χ2v) is 5.48. The van der Waals surface area contributed by atoms with Gasteiger partial charge in [0.25, 0.3) is 0 Å². The third-order valence-corrected chi connectivity index (χ3v) is 3.87. The average molecular weight is 225 g/mol. The first-order valence-electron chi connectivity index (χ1n) is 7.62. The molecule has 0 aromatic heterocycles. The summed E-state index contributed by atoms with van der Waals surface area (Å²) in [6, 6.07) is 1.64. The van der Waals surface area contributed by atoms with Crippen LogP contribution >= 0.6 is 0 Å². The molecule has 0 amide bonds. The zero-order valence-corrected chi connectivity index (χ0v) is 11.4. The van der Waals surface area contributed by atoms with Gasteiger partial charge in [0, 0.05) is 12.1 Å². The lowest BCUT2D eigenvalue weighted by molar-refractivity contribution is 0.312. The van der Waals surface area contributed by atoms with Gasteiger partial charge in [0.05, 0.1) is 0 Å². The van der Waals surface area contributed by atoms with Crippen molar-refractivity contribution in [3.63, 3.8) is 0 Å². The van der Waals surface area contributed by atoms with Crippen molar-refractivity contribution in [3.8, 4) is 0 Å². The summed E-state index contributed by atoms with van der Waals surface area (Å²) in [6.07, 6.45) is 15.5. The van der Waals surface area contributed by atoms with Gasteiger partial charge in [-0.05, 0) is 25.7 Å². The number of unbranched alkanes of at least 4 members (excludes halogenated alkanes) is 2. The molecule has 0 saturated heterocycles. The predicted molar refractivity (Wildman–Crippen MR) is 72.8 cm³/mol.